The Balaban J connectivity index is 1.40. The fourth-order valence-electron chi connectivity index (χ4n) is 4.04. The van der Waals surface area contributed by atoms with Crippen molar-refractivity contribution in [3.05, 3.63) is 151 Å². The van der Waals surface area contributed by atoms with E-state index >= 15 is 0 Å². The molecule has 0 aliphatic carbocycles. The van der Waals surface area contributed by atoms with Gasteiger partial charge in [0.05, 0.1) is 0 Å². The van der Waals surface area contributed by atoms with Gasteiger partial charge in [-0.05, 0) is 71.1 Å². The first-order valence-corrected chi connectivity index (χ1v) is 11.5. The molecular formula is C32H26N2. The van der Waals surface area contributed by atoms with E-state index < -0.39 is 0 Å². The van der Waals surface area contributed by atoms with Crippen LogP contribution in [-0.4, -0.2) is 4.98 Å². The zero-order valence-corrected chi connectivity index (χ0v) is 19.0. The van der Waals surface area contributed by atoms with Crippen molar-refractivity contribution in [1.29, 1.82) is 0 Å². The maximum absolute atomic E-state index is 4.18. The summed E-state index contributed by atoms with van der Waals surface area (Å²) in [6.07, 6.45) is 8.94. The van der Waals surface area contributed by atoms with Gasteiger partial charge in [0.15, 0.2) is 0 Å². The summed E-state index contributed by atoms with van der Waals surface area (Å²) in [6, 6.07) is 42.5. The van der Waals surface area contributed by atoms with Crippen molar-refractivity contribution in [3.63, 3.8) is 0 Å². The van der Waals surface area contributed by atoms with E-state index in [1.165, 1.54) is 22.3 Å². The molecule has 0 saturated heterocycles. The van der Waals surface area contributed by atoms with Gasteiger partial charge in [-0.2, -0.15) is 0 Å². The molecule has 0 unspecified atom stereocenters. The zero-order valence-electron chi connectivity index (χ0n) is 19.0. The van der Waals surface area contributed by atoms with Crippen LogP contribution in [0.15, 0.2) is 140 Å². The first-order valence-electron chi connectivity index (χ1n) is 11.5. The molecule has 5 aromatic rings. The third kappa shape index (κ3) is 5.13. The molecule has 34 heavy (non-hydrogen) atoms. The van der Waals surface area contributed by atoms with E-state index in [9.17, 15) is 0 Å². The Morgan fingerprint density at radius 3 is 1.79 bits per heavy atom. The average Bonchev–Trinajstić information content (AvgIpc) is 2.92. The number of nitrogens with zero attached hydrogens (tertiary/aromatic N) is 2. The predicted octanol–water partition coefficient (Wildman–Crippen LogP) is 8.47. The van der Waals surface area contributed by atoms with Gasteiger partial charge in [0.1, 0.15) is 0 Å². The van der Waals surface area contributed by atoms with Gasteiger partial charge in [0, 0.05) is 29.5 Å². The normalized spacial score (nSPS) is 10.9. The Bertz CT molecular complexity index is 1330. The SMILES string of the molecule is C(=C\c1ccc(N(c2ccccc2)c2ccc(-c3ccccc3)cc2)cc1)/Cc1cccnc1. The molecule has 5 rings (SSSR count). The van der Waals surface area contributed by atoms with E-state index in [1.54, 1.807) is 6.20 Å². The monoisotopic (exact) mass is 438 g/mol. The van der Waals surface area contributed by atoms with Crippen molar-refractivity contribution < 1.29 is 0 Å². The molecule has 0 amide bonds. The minimum atomic E-state index is 0.874. The van der Waals surface area contributed by atoms with Gasteiger partial charge in [-0.15, -0.1) is 0 Å². The van der Waals surface area contributed by atoms with Crippen molar-refractivity contribution in [1.82, 2.24) is 4.98 Å². The molecule has 0 aliphatic heterocycles. The molecule has 2 heteroatoms. The highest BCUT2D eigenvalue weighted by Crippen LogP contribution is 2.35. The molecule has 1 heterocycles. The first kappa shape index (κ1) is 21.4. The molecule has 2 nitrogen and oxygen atoms in total. The fraction of sp³-hybridized carbons (Fsp3) is 0.0312. The summed E-state index contributed by atoms with van der Waals surface area (Å²) in [5.41, 5.74) is 8.22. The smallest absolute Gasteiger partial charge is 0.0462 e. The molecule has 4 aromatic carbocycles. The number of aromatic nitrogens is 1. The van der Waals surface area contributed by atoms with E-state index in [1.807, 2.05) is 18.3 Å². The van der Waals surface area contributed by atoms with Crippen LogP contribution in [0.5, 0.6) is 0 Å². The van der Waals surface area contributed by atoms with Gasteiger partial charge < -0.3 is 4.90 Å². The fourth-order valence-corrected chi connectivity index (χ4v) is 4.04. The summed E-state index contributed by atoms with van der Waals surface area (Å²) in [5.74, 6) is 0. The highest BCUT2D eigenvalue weighted by atomic mass is 15.1. The van der Waals surface area contributed by atoms with Crippen LogP contribution in [-0.2, 0) is 6.42 Å². The summed E-state index contributed by atoms with van der Waals surface area (Å²) < 4.78 is 0. The van der Waals surface area contributed by atoms with E-state index in [0.717, 1.165) is 23.5 Å². The van der Waals surface area contributed by atoms with Crippen molar-refractivity contribution in [3.8, 4) is 11.1 Å². The number of hydrogen-bond acceptors (Lipinski definition) is 2. The average molecular weight is 439 g/mol. The molecule has 0 atom stereocenters. The second-order valence-corrected chi connectivity index (χ2v) is 8.14. The van der Waals surface area contributed by atoms with Gasteiger partial charge in [-0.3, -0.25) is 4.98 Å². The van der Waals surface area contributed by atoms with Crippen LogP contribution < -0.4 is 4.90 Å². The summed E-state index contributed by atoms with van der Waals surface area (Å²) in [5, 5.41) is 0. The van der Waals surface area contributed by atoms with Crippen molar-refractivity contribution in [2.45, 2.75) is 6.42 Å². The van der Waals surface area contributed by atoms with Gasteiger partial charge >= 0.3 is 0 Å². The molecule has 0 spiro atoms. The van der Waals surface area contributed by atoms with Crippen molar-refractivity contribution >= 4 is 23.1 Å². The van der Waals surface area contributed by atoms with Crippen LogP contribution in [0, 0.1) is 0 Å². The van der Waals surface area contributed by atoms with Gasteiger partial charge in [-0.25, -0.2) is 0 Å². The molecule has 164 valence electrons. The third-order valence-electron chi connectivity index (χ3n) is 5.78. The number of anilines is 3. The van der Waals surface area contributed by atoms with Crippen LogP contribution >= 0.6 is 0 Å². The van der Waals surface area contributed by atoms with E-state index in [4.69, 9.17) is 0 Å². The second kappa shape index (κ2) is 10.5. The highest BCUT2D eigenvalue weighted by molar-refractivity contribution is 5.78. The topological polar surface area (TPSA) is 16.1 Å². The summed E-state index contributed by atoms with van der Waals surface area (Å²) >= 11 is 0. The second-order valence-electron chi connectivity index (χ2n) is 8.14. The minimum absolute atomic E-state index is 0.874. The molecule has 0 N–H and O–H groups in total. The summed E-state index contributed by atoms with van der Waals surface area (Å²) in [7, 11) is 0. The Labute approximate surface area is 201 Å². The van der Waals surface area contributed by atoms with Crippen molar-refractivity contribution in [2.75, 3.05) is 4.90 Å². The number of pyridine rings is 1. The van der Waals surface area contributed by atoms with E-state index in [2.05, 4.69) is 131 Å². The van der Waals surface area contributed by atoms with Gasteiger partial charge in [0.25, 0.3) is 0 Å². The van der Waals surface area contributed by atoms with Crippen LogP contribution in [0.2, 0.25) is 0 Å². The molecule has 0 aliphatic rings. The first-order chi connectivity index (χ1) is 16.9. The minimum Gasteiger partial charge on any atom is -0.311 e. The molecule has 0 fully saturated rings. The Morgan fingerprint density at radius 2 is 1.15 bits per heavy atom. The number of hydrogen-bond donors (Lipinski definition) is 0. The number of allylic oxidation sites excluding steroid dienone is 1. The lowest BCUT2D eigenvalue weighted by Crippen LogP contribution is -2.09. The maximum Gasteiger partial charge on any atom is 0.0462 e. The Morgan fingerprint density at radius 1 is 0.559 bits per heavy atom. The lowest BCUT2D eigenvalue weighted by molar-refractivity contribution is 1.19. The van der Waals surface area contributed by atoms with Crippen LogP contribution in [0.25, 0.3) is 17.2 Å². The lowest BCUT2D eigenvalue weighted by atomic mass is 10.0. The number of rotatable bonds is 7. The molecule has 0 bridgehead atoms. The number of para-hydroxylation sites is 1. The van der Waals surface area contributed by atoms with Crippen LogP contribution in [0.3, 0.4) is 0 Å². The molecule has 1 aromatic heterocycles. The van der Waals surface area contributed by atoms with E-state index in [0.29, 0.717) is 0 Å². The maximum atomic E-state index is 4.18. The largest absolute Gasteiger partial charge is 0.311 e. The van der Waals surface area contributed by atoms with E-state index in [-0.39, 0.29) is 0 Å². The van der Waals surface area contributed by atoms with Crippen LogP contribution in [0.4, 0.5) is 17.1 Å². The molecule has 0 radical (unpaired) electrons. The van der Waals surface area contributed by atoms with Crippen molar-refractivity contribution in [2.24, 2.45) is 0 Å². The Kier molecular flexibility index (Phi) is 6.59. The third-order valence-corrected chi connectivity index (χ3v) is 5.78. The Hall–Kier alpha value is -4.43. The number of benzene rings is 4. The highest BCUT2D eigenvalue weighted by Gasteiger charge is 2.12. The molecule has 0 saturated carbocycles. The van der Waals surface area contributed by atoms with Gasteiger partial charge in [-0.1, -0.05) is 91.0 Å². The summed E-state index contributed by atoms with van der Waals surface area (Å²) in [6.45, 7) is 0. The lowest BCUT2D eigenvalue weighted by Gasteiger charge is -2.25. The predicted molar refractivity (Wildman–Crippen MR) is 144 cm³/mol. The van der Waals surface area contributed by atoms with Crippen LogP contribution in [0.1, 0.15) is 11.1 Å². The zero-order chi connectivity index (χ0) is 23.0. The van der Waals surface area contributed by atoms with Gasteiger partial charge in [0.2, 0.25) is 0 Å². The molecular weight excluding hydrogens is 412 g/mol. The standard InChI is InChI=1S/C32H26N2/c1-3-12-28(13-4-1)29-18-22-32(23-19-29)34(30-14-5-2-6-15-30)31-20-16-26(17-21-31)9-7-10-27-11-8-24-33-25-27/h1-9,11-25H,10H2/b9-7+. The quantitative estimate of drug-likeness (QED) is 0.253. The summed E-state index contributed by atoms with van der Waals surface area (Å²) in [4.78, 5) is 6.47.